The molecule has 2 rings (SSSR count). The van der Waals surface area contributed by atoms with Gasteiger partial charge in [-0.1, -0.05) is 64.0 Å². The Morgan fingerprint density at radius 1 is 0.741 bits per heavy atom. The number of hydrogen-bond acceptors (Lipinski definition) is 2. The Morgan fingerprint density at radius 3 is 2.00 bits per heavy atom. The summed E-state index contributed by atoms with van der Waals surface area (Å²) in [7, 11) is 1.72. The van der Waals surface area contributed by atoms with Crippen molar-refractivity contribution in [3.05, 3.63) is 47.5 Å². The largest absolute Gasteiger partial charge is 0.496 e. The van der Waals surface area contributed by atoms with Crippen LogP contribution in [0.25, 0.3) is 11.1 Å². The van der Waals surface area contributed by atoms with Crippen LogP contribution in [0.4, 0.5) is 0 Å². The fraction of sp³-hybridized carbons (Fsp3) is 0.520. The quantitative estimate of drug-likeness (QED) is 0.361. The Hall–Kier alpha value is -1.96. The highest BCUT2D eigenvalue weighted by Gasteiger charge is 2.07. The van der Waals surface area contributed by atoms with Crippen molar-refractivity contribution in [2.45, 2.75) is 72.1 Å². The molecule has 27 heavy (non-hydrogen) atoms. The fourth-order valence-electron chi connectivity index (χ4n) is 3.48. The Kier molecular flexibility index (Phi) is 9.24. The molecule has 0 radical (unpaired) electrons. The number of rotatable bonds is 12. The van der Waals surface area contributed by atoms with Gasteiger partial charge in [0.1, 0.15) is 11.5 Å². The highest BCUT2D eigenvalue weighted by Crippen LogP contribution is 2.31. The Balaban J connectivity index is 1.76. The lowest BCUT2D eigenvalue weighted by molar-refractivity contribution is 0.304. The van der Waals surface area contributed by atoms with E-state index in [2.05, 4.69) is 57.2 Å². The Bertz CT molecular complexity index is 673. The smallest absolute Gasteiger partial charge is 0.122 e. The van der Waals surface area contributed by atoms with Gasteiger partial charge in [0.15, 0.2) is 0 Å². The average molecular weight is 369 g/mol. The van der Waals surface area contributed by atoms with Gasteiger partial charge in [-0.3, -0.25) is 0 Å². The summed E-state index contributed by atoms with van der Waals surface area (Å²) in [6.45, 7) is 7.30. The number of methoxy groups -OCH3 is 1. The summed E-state index contributed by atoms with van der Waals surface area (Å²) in [5.74, 6) is 1.91. The first-order valence-corrected chi connectivity index (χ1v) is 10.5. The molecule has 0 atom stereocenters. The maximum absolute atomic E-state index is 5.91. The van der Waals surface area contributed by atoms with Gasteiger partial charge in [-0.15, -0.1) is 0 Å². The highest BCUT2D eigenvalue weighted by molar-refractivity contribution is 5.70. The molecule has 148 valence electrons. The second-order valence-corrected chi connectivity index (χ2v) is 7.48. The van der Waals surface area contributed by atoms with Crippen LogP contribution in [0.2, 0.25) is 0 Å². The summed E-state index contributed by atoms with van der Waals surface area (Å²) in [5.41, 5.74) is 4.86. The number of hydrogen-bond donors (Lipinski definition) is 0. The van der Waals surface area contributed by atoms with Gasteiger partial charge < -0.3 is 9.47 Å². The molecule has 2 aromatic rings. The standard InChI is InChI=1S/C25H36O2/c1-5-6-7-8-9-10-11-12-17-27-23-15-13-22(14-16-23)24-18-21(3)25(26-4)19-20(24)2/h13-16,18-19H,5-12,17H2,1-4H3. The van der Waals surface area contributed by atoms with Crippen LogP contribution < -0.4 is 9.47 Å². The zero-order valence-electron chi connectivity index (χ0n) is 17.6. The van der Waals surface area contributed by atoms with Crippen molar-refractivity contribution < 1.29 is 9.47 Å². The van der Waals surface area contributed by atoms with Gasteiger partial charge in [0.2, 0.25) is 0 Å². The van der Waals surface area contributed by atoms with E-state index in [0.29, 0.717) is 0 Å². The predicted octanol–water partition coefficient (Wildman–Crippen LogP) is 7.50. The minimum absolute atomic E-state index is 0.814. The van der Waals surface area contributed by atoms with E-state index >= 15 is 0 Å². The number of ether oxygens (including phenoxy) is 2. The molecule has 0 aliphatic rings. The average Bonchev–Trinajstić information content (AvgIpc) is 2.68. The first-order valence-electron chi connectivity index (χ1n) is 10.5. The third-order valence-corrected chi connectivity index (χ3v) is 5.17. The second-order valence-electron chi connectivity index (χ2n) is 7.48. The normalized spacial score (nSPS) is 10.8. The number of aryl methyl sites for hydroxylation is 2. The molecule has 0 amide bonds. The summed E-state index contributed by atoms with van der Waals surface area (Å²) in [6.07, 6.45) is 10.6. The van der Waals surface area contributed by atoms with Crippen LogP contribution in [0.1, 0.15) is 69.4 Å². The van der Waals surface area contributed by atoms with Crippen LogP contribution in [-0.2, 0) is 0 Å². The minimum atomic E-state index is 0.814. The molecule has 0 aliphatic carbocycles. The van der Waals surface area contributed by atoms with E-state index in [9.17, 15) is 0 Å². The lowest BCUT2D eigenvalue weighted by atomic mass is 9.98. The molecular formula is C25H36O2. The molecule has 0 N–H and O–H groups in total. The molecule has 0 aliphatic heterocycles. The highest BCUT2D eigenvalue weighted by atomic mass is 16.5. The van der Waals surface area contributed by atoms with E-state index < -0.39 is 0 Å². The van der Waals surface area contributed by atoms with Crippen molar-refractivity contribution in [2.75, 3.05) is 13.7 Å². The van der Waals surface area contributed by atoms with Gasteiger partial charge in [0.05, 0.1) is 13.7 Å². The molecule has 2 aromatic carbocycles. The van der Waals surface area contributed by atoms with Crippen molar-refractivity contribution >= 4 is 0 Å². The summed E-state index contributed by atoms with van der Waals surface area (Å²) >= 11 is 0. The molecular weight excluding hydrogens is 332 g/mol. The van der Waals surface area contributed by atoms with Crippen molar-refractivity contribution in [3.8, 4) is 22.6 Å². The Morgan fingerprint density at radius 2 is 1.37 bits per heavy atom. The molecule has 0 bridgehead atoms. The van der Waals surface area contributed by atoms with Crippen LogP contribution in [0.5, 0.6) is 11.5 Å². The lowest BCUT2D eigenvalue weighted by Gasteiger charge is -2.12. The fourth-order valence-corrected chi connectivity index (χ4v) is 3.48. The zero-order valence-corrected chi connectivity index (χ0v) is 17.6. The van der Waals surface area contributed by atoms with Gasteiger partial charge in [-0.05, 0) is 66.8 Å². The molecule has 0 saturated heterocycles. The maximum Gasteiger partial charge on any atom is 0.122 e. The number of unbranched alkanes of at least 4 members (excludes halogenated alkanes) is 7. The minimum Gasteiger partial charge on any atom is -0.496 e. The van der Waals surface area contributed by atoms with Gasteiger partial charge in [0.25, 0.3) is 0 Å². The van der Waals surface area contributed by atoms with E-state index in [0.717, 1.165) is 30.1 Å². The monoisotopic (exact) mass is 368 g/mol. The van der Waals surface area contributed by atoms with E-state index in [1.807, 2.05) is 0 Å². The van der Waals surface area contributed by atoms with E-state index in [1.54, 1.807) is 7.11 Å². The van der Waals surface area contributed by atoms with Crippen molar-refractivity contribution in [1.82, 2.24) is 0 Å². The number of benzene rings is 2. The first-order chi connectivity index (χ1) is 13.2. The summed E-state index contributed by atoms with van der Waals surface area (Å²) in [5, 5.41) is 0. The molecule has 0 aromatic heterocycles. The van der Waals surface area contributed by atoms with Gasteiger partial charge in [-0.25, -0.2) is 0 Å². The third kappa shape index (κ3) is 6.93. The van der Waals surface area contributed by atoms with Crippen LogP contribution >= 0.6 is 0 Å². The molecule has 0 spiro atoms. The molecule has 2 nitrogen and oxygen atoms in total. The van der Waals surface area contributed by atoms with Crippen LogP contribution in [0, 0.1) is 13.8 Å². The van der Waals surface area contributed by atoms with Crippen LogP contribution in [0.3, 0.4) is 0 Å². The predicted molar refractivity (Wildman–Crippen MR) is 116 cm³/mol. The summed E-state index contributed by atoms with van der Waals surface area (Å²) in [6, 6.07) is 12.8. The molecule has 0 fully saturated rings. The molecule has 0 heterocycles. The van der Waals surface area contributed by atoms with Crippen molar-refractivity contribution in [2.24, 2.45) is 0 Å². The summed E-state index contributed by atoms with van der Waals surface area (Å²) < 4.78 is 11.3. The van der Waals surface area contributed by atoms with Gasteiger partial charge >= 0.3 is 0 Å². The topological polar surface area (TPSA) is 18.5 Å². The second kappa shape index (κ2) is 11.7. The SMILES string of the molecule is CCCCCCCCCCOc1ccc(-c2cc(C)c(OC)cc2C)cc1. The van der Waals surface area contributed by atoms with Crippen molar-refractivity contribution in [1.29, 1.82) is 0 Å². The first kappa shape index (κ1) is 21.3. The van der Waals surface area contributed by atoms with Gasteiger partial charge in [0, 0.05) is 0 Å². The summed E-state index contributed by atoms with van der Waals surface area (Å²) in [4.78, 5) is 0. The molecule has 0 unspecified atom stereocenters. The molecule has 2 heteroatoms. The zero-order chi connectivity index (χ0) is 19.5. The van der Waals surface area contributed by atoms with E-state index in [-0.39, 0.29) is 0 Å². The van der Waals surface area contributed by atoms with Crippen LogP contribution in [0.15, 0.2) is 36.4 Å². The third-order valence-electron chi connectivity index (χ3n) is 5.17. The van der Waals surface area contributed by atoms with E-state index in [1.165, 1.54) is 61.6 Å². The van der Waals surface area contributed by atoms with Crippen molar-refractivity contribution in [3.63, 3.8) is 0 Å². The van der Waals surface area contributed by atoms with Crippen LogP contribution in [-0.4, -0.2) is 13.7 Å². The Labute approximate surface area is 165 Å². The molecule has 0 saturated carbocycles. The lowest BCUT2D eigenvalue weighted by Crippen LogP contribution is -1.97. The van der Waals surface area contributed by atoms with Gasteiger partial charge in [-0.2, -0.15) is 0 Å². The van der Waals surface area contributed by atoms with E-state index in [4.69, 9.17) is 9.47 Å². The maximum atomic E-state index is 5.91.